The zero-order valence-electron chi connectivity index (χ0n) is 11.9. The van der Waals surface area contributed by atoms with Crippen molar-refractivity contribution in [2.45, 2.75) is 18.0 Å². The number of methoxy groups -OCH3 is 1. The second-order valence-electron chi connectivity index (χ2n) is 4.63. The average molecular weight is 310 g/mol. The second-order valence-corrected chi connectivity index (χ2v) is 6.68. The van der Waals surface area contributed by atoms with Crippen LogP contribution in [0.3, 0.4) is 0 Å². The SMILES string of the molecule is COc1cccc(CN(C)S(=O)(=O)c2c[nH]c(CO)c2)c1. The quantitative estimate of drug-likeness (QED) is 0.843. The zero-order chi connectivity index (χ0) is 15.5. The van der Waals surface area contributed by atoms with Crippen molar-refractivity contribution in [3.63, 3.8) is 0 Å². The van der Waals surface area contributed by atoms with Gasteiger partial charge in [0.15, 0.2) is 0 Å². The molecule has 6 nitrogen and oxygen atoms in total. The second kappa shape index (κ2) is 6.30. The number of hydrogen-bond acceptors (Lipinski definition) is 4. The average Bonchev–Trinajstić information content (AvgIpc) is 2.97. The van der Waals surface area contributed by atoms with Gasteiger partial charge in [-0.3, -0.25) is 0 Å². The monoisotopic (exact) mass is 310 g/mol. The van der Waals surface area contributed by atoms with Crippen LogP contribution in [0.1, 0.15) is 11.3 Å². The lowest BCUT2D eigenvalue weighted by Gasteiger charge is -2.16. The lowest BCUT2D eigenvalue weighted by Crippen LogP contribution is -2.26. The van der Waals surface area contributed by atoms with Gasteiger partial charge in [0.05, 0.1) is 18.6 Å². The Morgan fingerprint density at radius 2 is 2.10 bits per heavy atom. The molecule has 1 aromatic carbocycles. The number of aromatic nitrogens is 1. The van der Waals surface area contributed by atoms with Crippen LogP contribution in [0.4, 0.5) is 0 Å². The van der Waals surface area contributed by atoms with Crippen molar-refractivity contribution in [1.29, 1.82) is 0 Å². The van der Waals surface area contributed by atoms with Crippen molar-refractivity contribution in [2.75, 3.05) is 14.2 Å². The molecule has 21 heavy (non-hydrogen) atoms. The van der Waals surface area contributed by atoms with Crippen molar-refractivity contribution in [3.05, 3.63) is 47.8 Å². The predicted octanol–water partition coefficient (Wildman–Crippen LogP) is 1.34. The summed E-state index contributed by atoms with van der Waals surface area (Å²) in [6.07, 6.45) is 1.38. The molecule has 0 saturated carbocycles. The van der Waals surface area contributed by atoms with Gasteiger partial charge in [-0.2, -0.15) is 4.31 Å². The Kier molecular flexibility index (Phi) is 4.66. The molecule has 0 bridgehead atoms. The van der Waals surface area contributed by atoms with E-state index in [2.05, 4.69) is 4.98 Å². The fraction of sp³-hybridized carbons (Fsp3) is 0.286. The highest BCUT2D eigenvalue weighted by Gasteiger charge is 2.22. The van der Waals surface area contributed by atoms with Gasteiger partial charge in [-0.15, -0.1) is 0 Å². The van der Waals surface area contributed by atoms with E-state index >= 15 is 0 Å². The van der Waals surface area contributed by atoms with E-state index in [1.54, 1.807) is 19.2 Å². The van der Waals surface area contributed by atoms with E-state index in [4.69, 9.17) is 9.84 Å². The molecule has 2 rings (SSSR count). The van der Waals surface area contributed by atoms with Gasteiger partial charge >= 0.3 is 0 Å². The van der Waals surface area contributed by atoms with Crippen LogP contribution in [0, 0.1) is 0 Å². The minimum absolute atomic E-state index is 0.136. The molecule has 0 unspecified atom stereocenters. The lowest BCUT2D eigenvalue weighted by molar-refractivity contribution is 0.277. The Morgan fingerprint density at radius 3 is 2.71 bits per heavy atom. The summed E-state index contributed by atoms with van der Waals surface area (Å²) < 4.78 is 31.2. The number of rotatable bonds is 6. The summed E-state index contributed by atoms with van der Waals surface area (Å²) in [4.78, 5) is 2.86. The molecule has 2 aromatic rings. The molecule has 0 fully saturated rings. The number of hydrogen-bond donors (Lipinski definition) is 2. The highest BCUT2D eigenvalue weighted by molar-refractivity contribution is 7.89. The molecule has 0 amide bonds. The van der Waals surface area contributed by atoms with E-state index in [1.165, 1.54) is 23.6 Å². The summed E-state index contributed by atoms with van der Waals surface area (Å²) in [7, 11) is -0.516. The standard InChI is InChI=1S/C14H18N2O4S/c1-16(9-11-4-3-5-13(6-11)20-2)21(18,19)14-7-12(10-17)15-8-14/h3-8,15,17H,9-10H2,1-2H3. The van der Waals surface area contributed by atoms with Crippen LogP contribution in [0.2, 0.25) is 0 Å². The molecular formula is C14H18N2O4S. The number of nitrogens with one attached hydrogen (secondary N) is 1. The fourth-order valence-electron chi connectivity index (χ4n) is 1.95. The van der Waals surface area contributed by atoms with E-state index in [9.17, 15) is 8.42 Å². The number of aliphatic hydroxyl groups excluding tert-OH is 1. The third kappa shape index (κ3) is 3.44. The first kappa shape index (κ1) is 15.6. The van der Waals surface area contributed by atoms with Gasteiger partial charge < -0.3 is 14.8 Å². The molecule has 0 atom stereocenters. The van der Waals surface area contributed by atoms with Crippen LogP contribution < -0.4 is 4.74 Å². The van der Waals surface area contributed by atoms with E-state index in [0.717, 1.165) is 5.56 Å². The summed E-state index contributed by atoms with van der Waals surface area (Å²) in [5.41, 5.74) is 1.29. The maximum Gasteiger partial charge on any atom is 0.244 e. The smallest absolute Gasteiger partial charge is 0.244 e. The van der Waals surface area contributed by atoms with Crippen LogP contribution in [0.25, 0.3) is 0 Å². The molecule has 0 saturated heterocycles. The van der Waals surface area contributed by atoms with E-state index < -0.39 is 10.0 Å². The fourth-order valence-corrected chi connectivity index (χ4v) is 3.13. The van der Waals surface area contributed by atoms with Crippen LogP contribution in [0.5, 0.6) is 5.75 Å². The molecule has 0 spiro atoms. The Labute approximate surface area is 124 Å². The third-order valence-electron chi connectivity index (χ3n) is 3.13. The number of benzene rings is 1. The summed E-state index contributed by atoms with van der Waals surface area (Å²) in [5, 5.41) is 8.99. The van der Waals surface area contributed by atoms with Crippen molar-refractivity contribution in [2.24, 2.45) is 0 Å². The Hall–Kier alpha value is -1.83. The van der Waals surface area contributed by atoms with Gasteiger partial charge in [0.2, 0.25) is 10.0 Å². The maximum absolute atomic E-state index is 12.4. The van der Waals surface area contributed by atoms with Crippen molar-refractivity contribution in [3.8, 4) is 5.75 Å². The first-order chi connectivity index (χ1) is 9.97. The van der Waals surface area contributed by atoms with Crippen molar-refractivity contribution < 1.29 is 18.3 Å². The molecule has 1 heterocycles. The molecule has 2 N–H and O–H groups in total. The summed E-state index contributed by atoms with van der Waals surface area (Å²) in [6, 6.07) is 8.68. The first-order valence-electron chi connectivity index (χ1n) is 6.35. The Morgan fingerprint density at radius 1 is 1.33 bits per heavy atom. The van der Waals surface area contributed by atoms with Crippen LogP contribution >= 0.6 is 0 Å². The minimum atomic E-state index is -3.60. The molecule has 0 aliphatic rings. The Bertz CT molecular complexity index is 709. The Balaban J connectivity index is 2.19. The molecule has 0 aliphatic carbocycles. The zero-order valence-corrected chi connectivity index (χ0v) is 12.7. The minimum Gasteiger partial charge on any atom is -0.497 e. The van der Waals surface area contributed by atoms with Gasteiger partial charge in [0.25, 0.3) is 0 Å². The van der Waals surface area contributed by atoms with Gasteiger partial charge in [-0.25, -0.2) is 8.42 Å². The summed E-state index contributed by atoms with van der Waals surface area (Å²) in [6.45, 7) is 0.00822. The molecule has 7 heteroatoms. The highest BCUT2D eigenvalue weighted by atomic mass is 32.2. The topological polar surface area (TPSA) is 82.6 Å². The number of aliphatic hydroxyl groups is 1. The van der Waals surface area contributed by atoms with Gasteiger partial charge in [0, 0.05) is 25.5 Å². The molecule has 0 aliphatic heterocycles. The highest BCUT2D eigenvalue weighted by Crippen LogP contribution is 2.19. The molecule has 114 valence electrons. The largest absolute Gasteiger partial charge is 0.497 e. The van der Waals surface area contributed by atoms with Crippen LogP contribution in [0.15, 0.2) is 41.4 Å². The summed E-state index contributed by atoms with van der Waals surface area (Å²) in [5.74, 6) is 0.683. The van der Waals surface area contributed by atoms with E-state index in [1.807, 2.05) is 12.1 Å². The summed E-state index contributed by atoms with van der Waals surface area (Å²) >= 11 is 0. The molecule has 0 radical (unpaired) electrons. The number of H-pyrrole nitrogens is 1. The molecule has 1 aromatic heterocycles. The maximum atomic E-state index is 12.4. The normalized spacial score (nSPS) is 11.8. The van der Waals surface area contributed by atoms with E-state index in [-0.39, 0.29) is 18.0 Å². The van der Waals surface area contributed by atoms with Gasteiger partial charge in [-0.1, -0.05) is 12.1 Å². The first-order valence-corrected chi connectivity index (χ1v) is 7.79. The van der Waals surface area contributed by atoms with Crippen LogP contribution in [-0.4, -0.2) is 37.0 Å². The molecular weight excluding hydrogens is 292 g/mol. The van der Waals surface area contributed by atoms with E-state index in [0.29, 0.717) is 11.4 Å². The van der Waals surface area contributed by atoms with Crippen LogP contribution in [-0.2, 0) is 23.2 Å². The lowest BCUT2D eigenvalue weighted by atomic mass is 10.2. The van der Waals surface area contributed by atoms with Crippen molar-refractivity contribution in [1.82, 2.24) is 9.29 Å². The van der Waals surface area contributed by atoms with Gasteiger partial charge in [-0.05, 0) is 23.8 Å². The van der Waals surface area contributed by atoms with Gasteiger partial charge in [0.1, 0.15) is 5.75 Å². The van der Waals surface area contributed by atoms with Crippen molar-refractivity contribution >= 4 is 10.0 Å². The number of nitrogens with zero attached hydrogens (tertiary/aromatic N) is 1. The predicted molar refractivity (Wildman–Crippen MR) is 78.4 cm³/mol. The number of sulfonamides is 1. The number of ether oxygens (including phenoxy) is 1. The third-order valence-corrected chi connectivity index (χ3v) is 4.92. The number of aromatic amines is 1.